The van der Waals surface area contributed by atoms with Gasteiger partial charge in [0.25, 0.3) is 5.91 Å². The number of fused-ring (bicyclic) bond motifs is 1. The summed E-state index contributed by atoms with van der Waals surface area (Å²) in [6, 6.07) is 3.58. The minimum atomic E-state index is -0.00319. The fourth-order valence-electron chi connectivity index (χ4n) is 5.10. The van der Waals surface area contributed by atoms with Crippen molar-refractivity contribution in [1.82, 2.24) is 10.2 Å². The number of hydrogen-bond donors (Lipinski definition) is 1. The molecule has 130 valence electrons. The van der Waals surface area contributed by atoms with Crippen molar-refractivity contribution in [2.24, 2.45) is 17.8 Å². The van der Waals surface area contributed by atoms with Crippen LogP contribution in [-0.4, -0.2) is 48.7 Å². The van der Waals surface area contributed by atoms with E-state index in [1.165, 1.54) is 37.1 Å². The van der Waals surface area contributed by atoms with Gasteiger partial charge in [0, 0.05) is 38.0 Å². The largest absolute Gasteiger partial charge is 0.370 e. The SMILES string of the molecule is O=C(NC[C@H]1[C@H]2CN(CC3CC3)C[C@]23CC[C@H]1O3)c1ccc(Cl)s1. The first kappa shape index (κ1) is 15.6. The second-order valence-electron chi connectivity index (χ2n) is 7.98. The molecule has 1 spiro atoms. The Morgan fingerprint density at radius 1 is 1.42 bits per heavy atom. The maximum absolute atomic E-state index is 12.3. The van der Waals surface area contributed by atoms with Crippen molar-refractivity contribution in [1.29, 1.82) is 0 Å². The third kappa shape index (κ3) is 2.61. The summed E-state index contributed by atoms with van der Waals surface area (Å²) in [5, 5.41) is 3.13. The Morgan fingerprint density at radius 2 is 2.29 bits per heavy atom. The zero-order chi connectivity index (χ0) is 16.3. The zero-order valence-corrected chi connectivity index (χ0v) is 15.2. The number of halogens is 1. The zero-order valence-electron chi connectivity index (χ0n) is 13.7. The molecule has 3 aliphatic heterocycles. The van der Waals surface area contributed by atoms with E-state index in [-0.39, 0.29) is 11.5 Å². The highest BCUT2D eigenvalue weighted by atomic mass is 35.5. The van der Waals surface area contributed by atoms with Gasteiger partial charge in [0.15, 0.2) is 0 Å². The van der Waals surface area contributed by atoms with E-state index < -0.39 is 0 Å². The normalized spacial score (nSPS) is 37.8. The first-order chi connectivity index (χ1) is 11.6. The summed E-state index contributed by atoms with van der Waals surface area (Å²) < 4.78 is 7.12. The number of amides is 1. The van der Waals surface area contributed by atoms with Gasteiger partial charge in [-0.15, -0.1) is 11.3 Å². The topological polar surface area (TPSA) is 41.6 Å². The van der Waals surface area contributed by atoms with Crippen molar-refractivity contribution in [2.45, 2.75) is 37.4 Å². The molecule has 0 aromatic carbocycles. The molecule has 1 N–H and O–H groups in total. The Kier molecular flexibility index (Phi) is 3.71. The van der Waals surface area contributed by atoms with Crippen LogP contribution >= 0.6 is 22.9 Å². The summed E-state index contributed by atoms with van der Waals surface area (Å²) in [6.45, 7) is 4.23. The van der Waals surface area contributed by atoms with Crippen molar-refractivity contribution in [3.63, 3.8) is 0 Å². The molecule has 4 nitrogen and oxygen atoms in total. The summed E-state index contributed by atoms with van der Waals surface area (Å²) in [4.78, 5) is 15.6. The van der Waals surface area contributed by atoms with Crippen molar-refractivity contribution in [3.8, 4) is 0 Å². The Morgan fingerprint density at radius 3 is 3.04 bits per heavy atom. The molecule has 1 saturated carbocycles. The average molecular weight is 367 g/mol. The quantitative estimate of drug-likeness (QED) is 0.870. The van der Waals surface area contributed by atoms with E-state index in [0.29, 0.717) is 27.2 Å². The van der Waals surface area contributed by atoms with E-state index in [9.17, 15) is 4.79 Å². The molecular weight excluding hydrogens is 344 g/mol. The monoisotopic (exact) mass is 366 g/mol. The lowest BCUT2D eigenvalue weighted by molar-refractivity contribution is 0.00244. The van der Waals surface area contributed by atoms with Crippen molar-refractivity contribution in [2.75, 3.05) is 26.2 Å². The number of carbonyl (C=O) groups is 1. The molecule has 1 aliphatic carbocycles. The van der Waals surface area contributed by atoms with Crippen LogP contribution in [0.25, 0.3) is 0 Å². The third-order valence-electron chi connectivity index (χ3n) is 6.36. The van der Waals surface area contributed by atoms with Crippen LogP contribution in [0.4, 0.5) is 0 Å². The molecular formula is C18H23ClN2O2S. The lowest BCUT2D eigenvalue weighted by atomic mass is 9.73. The number of likely N-dealkylation sites (tertiary alicyclic amines) is 1. The van der Waals surface area contributed by atoms with Gasteiger partial charge >= 0.3 is 0 Å². The Hall–Kier alpha value is -0.620. The van der Waals surface area contributed by atoms with Crippen LogP contribution in [-0.2, 0) is 4.74 Å². The number of rotatable bonds is 5. The van der Waals surface area contributed by atoms with Gasteiger partial charge in [0.2, 0.25) is 0 Å². The lowest BCUT2D eigenvalue weighted by Gasteiger charge is -2.29. The second kappa shape index (κ2) is 5.70. The maximum atomic E-state index is 12.3. The smallest absolute Gasteiger partial charge is 0.261 e. The average Bonchev–Trinajstić information content (AvgIpc) is 2.91. The summed E-state index contributed by atoms with van der Waals surface area (Å²) in [7, 11) is 0. The van der Waals surface area contributed by atoms with Crippen LogP contribution in [0.3, 0.4) is 0 Å². The highest BCUT2D eigenvalue weighted by Gasteiger charge is 2.62. The Bertz CT molecular complexity index is 661. The second-order valence-corrected chi connectivity index (χ2v) is 9.70. The standard InChI is InChI=1S/C18H23ClN2O2S/c19-16-4-3-15(24-16)17(22)20-7-12-13-9-21(8-11-1-2-11)10-18(13)6-5-14(12)23-18/h3-4,11-14H,1-2,5-10H2,(H,20,22)/t12-,13+,14+,18+/m0/s1. The summed E-state index contributed by atoms with van der Waals surface area (Å²) in [5.74, 6) is 1.97. The van der Waals surface area contributed by atoms with E-state index in [4.69, 9.17) is 16.3 Å². The van der Waals surface area contributed by atoms with Crippen LogP contribution in [0.5, 0.6) is 0 Å². The summed E-state index contributed by atoms with van der Waals surface area (Å²) >= 11 is 7.27. The number of hydrogen-bond acceptors (Lipinski definition) is 4. The van der Waals surface area contributed by atoms with Gasteiger partial charge in [-0.2, -0.15) is 0 Å². The third-order valence-corrected chi connectivity index (χ3v) is 7.59. The summed E-state index contributed by atoms with van der Waals surface area (Å²) in [5.41, 5.74) is 0.0845. The molecule has 4 heterocycles. The fraction of sp³-hybridized carbons (Fsp3) is 0.722. The highest BCUT2D eigenvalue weighted by molar-refractivity contribution is 7.17. The number of nitrogens with zero attached hydrogens (tertiary/aromatic N) is 1. The maximum Gasteiger partial charge on any atom is 0.261 e. The van der Waals surface area contributed by atoms with Gasteiger partial charge in [-0.05, 0) is 43.7 Å². The molecule has 3 saturated heterocycles. The summed E-state index contributed by atoms with van der Waals surface area (Å²) in [6.07, 6.45) is 5.50. The predicted molar refractivity (Wildman–Crippen MR) is 94.6 cm³/mol. The van der Waals surface area contributed by atoms with E-state index in [1.54, 1.807) is 12.1 Å². The van der Waals surface area contributed by atoms with E-state index in [0.717, 1.165) is 32.0 Å². The van der Waals surface area contributed by atoms with Gasteiger partial charge in [0.05, 0.1) is 20.9 Å². The van der Waals surface area contributed by atoms with Crippen LogP contribution in [0.15, 0.2) is 12.1 Å². The molecule has 4 aliphatic rings. The number of ether oxygens (including phenoxy) is 1. The molecule has 4 fully saturated rings. The van der Waals surface area contributed by atoms with Crippen LogP contribution in [0.2, 0.25) is 4.34 Å². The van der Waals surface area contributed by atoms with Crippen LogP contribution in [0.1, 0.15) is 35.4 Å². The number of carbonyl (C=O) groups excluding carboxylic acids is 1. The molecule has 24 heavy (non-hydrogen) atoms. The Balaban J connectivity index is 1.24. The van der Waals surface area contributed by atoms with Gasteiger partial charge in [-0.1, -0.05) is 11.6 Å². The van der Waals surface area contributed by atoms with Crippen LogP contribution < -0.4 is 5.32 Å². The first-order valence-corrected chi connectivity index (χ1v) is 10.3. The van der Waals surface area contributed by atoms with Gasteiger partial charge < -0.3 is 10.1 Å². The molecule has 2 bridgehead atoms. The molecule has 1 amide bonds. The molecule has 4 atom stereocenters. The van der Waals surface area contributed by atoms with E-state index in [2.05, 4.69) is 10.2 Å². The minimum absolute atomic E-state index is 0.00319. The van der Waals surface area contributed by atoms with Crippen molar-refractivity contribution in [3.05, 3.63) is 21.3 Å². The van der Waals surface area contributed by atoms with Gasteiger partial charge in [-0.25, -0.2) is 0 Å². The lowest BCUT2D eigenvalue weighted by Crippen LogP contribution is -2.41. The Labute approximate surface area is 151 Å². The first-order valence-electron chi connectivity index (χ1n) is 9.07. The van der Waals surface area contributed by atoms with E-state index >= 15 is 0 Å². The fourth-order valence-corrected chi connectivity index (χ4v) is 6.06. The number of thiophene rings is 1. The molecule has 1 aromatic rings. The molecule has 0 radical (unpaired) electrons. The van der Waals surface area contributed by atoms with Crippen molar-refractivity contribution < 1.29 is 9.53 Å². The van der Waals surface area contributed by atoms with E-state index in [1.807, 2.05) is 0 Å². The minimum Gasteiger partial charge on any atom is -0.370 e. The van der Waals surface area contributed by atoms with Crippen molar-refractivity contribution >= 4 is 28.8 Å². The van der Waals surface area contributed by atoms with Gasteiger partial charge in [-0.3, -0.25) is 9.69 Å². The molecule has 6 heteroatoms. The highest BCUT2D eigenvalue weighted by Crippen LogP contribution is 2.55. The number of nitrogens with one attached hydrogen (secondary N) is 1. The molecule has 5 rings (SSSR count). The van der Waals surface area contributed by atoms with Crippen LogP contribution in [0, 0.1) is 17.8 Å². The predicted octanol–water partition coefficient (Wildman–Crippen LogP) is 3.02. The van der Waals surface area contributed by atoms with Gasteiger partial charge in [0.1, 0.15) is 0 Å². The molecule has 1 aromatic heterocycles. The molecule has 0 unspecified atom stereocenters.